The van der Waals surface area contributed by atoms with E-state index in [1.807, 2.05) is 5.32 Å². The molecular formula is C19H29N9O8. The van der Waals surface area contributed by atoms with Crippen LogP contribution in [0, 0.1) is 0 Å². The summed E-state index contributed by atoms with van der Waals surface area (Å²) in [4.78, 5) is 89.6. The van der Waals surface area contributed by atoms with E-state index in [-0.39, 0.29) is 12.8 Å². The van der Waals surface area contributed by atoms with Crippen LogP contribution in [0.2, 0.25) is 0 Å². The summed E-state index contributed by atoms with van der Waals surface area (Å²) in [5, 5.41) is 15.7. The number of aliphatic carboxylic acids is 1. The Hall–Kier alpha value is -4.54. The van der Waals surface area contributed by atoms with Crippen molar-refractivity contribution in [3.05, 3.63) is 18.2 Å². The van der Waals surface area contributed by atoms with Gasteiger partial charge in [0.1, 0.15) is 18.1 Å². The number of carboxylic acid groups (broad SMARTS) is 1. The largest absolute Gasteiger partial charge is 0.480 e. The molecule has 0 fully saturated rings. The number of amides is 6. The van der Waals surface area contributed by atoms with E-state index >= 15 is 0 Å². The van der Waals surface area contributed by atoms with Crippen LogP contribution in [0.3, 0.4) is 0 Å². The van der Waals surface area contributed by atoms with Gasteiger partial charge in [-0.15, -0.1) is 0 Å². The molecule has 0 aliphatic carbocycles. The van der Waals surface area contributed by atoms with E-state index in [1.54, 1.807) is 0 Å². The van der Waals surface area contributed by atoms with E-state index in [4.69, 9.17) is 22.9 Å². The summed E-state index contributed by atoms with van der Waals surface area (Å²) in [7, 11) is 0. The number of carboxylic acids is 1. The monoisotopic (exact) mass is 511 g/mol. The minimum atomic E-state index is -1.72. The first-order chi connectivity index (χ1) is 16.8. The van der Waals surface area contributed by atoms with Crippen molar-refractivity contribution in [1.29, 1.82) is 0 Å². The molecule has 6 amide bonds. The van der Waals surface area contributed by atoms with Crippen LogP contribution in [0.5, 0.6) is 0 Å². The van der Waals surface area contributed by atoms with Gasteiger partial charge in [0.15, 0.2) is 0 Å². The summed E-state index contributed by atoms with van der Waals surface area (Å²) in [5.74, 6) is -7.36. The molecule has 0 aliphatic rings. The highest BCUT2D eigenvalue weighted by atomic mass is 16.4. The molecule has 13 N–H and O–H groups in total. The summed E-state index contributed by atoms with van der Waals surface area (Å²) in [6.07, 6.45) is 0.658. The van der Waals surface area contributed by atoms with Gasteiger partial charge in [-0.05, 0) is 6.42 Å². The van der Waals surface area contributed by atoms with Gasteiger partial charge in [-0.2, -0.15) is 0 Å². The number of hydrogen-bond donors (Lipinski definition) is 9. The SMILES string of the molecule is NC(=O)CCC(NC(=O)C(CC(N)=O)NC(=O)C(N)Cc1cnc[nH]1)C(=O)NC(CC(N)=O)C(=O)O. The molecule has 0 saturated carbocycles. The van der Waals surface area contributed by atoms with E-state index in [0.29, 0.717) is 5.69 Å². The first-order valence-corrected chi connectivity index (χ1v) is 10.5. The van der Waals surface area contributed by atoms with Crippen LogP contribution >= 0.6 is 0 Å². The number of hydrogen-bond acceptors (Lipinski definition) is 9. The molecular weight excluding hydrogens is 482 g/mol. The molecule has 4 unspecified atom stereocenters. The van der Waals surface area contributed by atoms with Crippen molar-refractivity contribution in [2.75, 3.05) is 0 Å². The Labute approximate surface area is 204 Å². The Morgan fingerprint density at radius 1 is 0.833 bits per heavy atom. The average molecular weight is 511 g/mol. The molecule has 4 atom stereocenters. The van der Waals surface area contributed by atoms with Gasteiger partial charge in [-0.1, -0.05) is 0 Å². The standard InChI is InChI=1S/C19H29N9O8/c20-9(3-8-6-24-7-25-8)16(32)27-11(4-14(22)30)18(34)26-10(1-2-13(21)29)17(33)28-12(19(35)36)5-15(23)31/h6-7,9-12H,1-5,20H2,(H2,21,29)(H2,22,30)(H2,23,31)(H,24,25)(H,26,34)(H,27,32)(H,28,33)(H,35,36). The van der Waals surface area contributed by atoms with Crippen molar-refractivity contribution < 1.29 is 38.7 Å². The molecule has 1 heterocycles. The number of primary amides is 3. The Morgan fingerprint density at radius 2 is 1.36 bits per heavy atom. The Kier molecular flexibility index (Phi) is 11.5. The second-order valence-corrected chi connectivity index (χ2v) is 7.76. The number of aromatic amines is 1. The summed E-state index contributed by atoms with van der Waals surface area (Å²) >= 11 is 0. The molecule has 17 heteroatoms. The zero-order valence-electron chi connectivity index (χ0n) is 19.1. The quantitative estimate of drug-likeness (QED) is 0.102. The van der Waals surface area contributed by atoms with Gasteiger partial charge in [-0.3, -0.25) is 28.8 Å². The minimum absolute atomic E-state index is 0.0246. The molecule has 1 rings (SSSR count). The number of nitrogens with one attached hydrogen (secondary N) is 4. The first-order valence-electron chi connectivity index (χ1n) is 10.5. The van der Waals surface area contributed by atoms with Gasteiger partial charge in [0.2, 0.25) is 35.4 Å². The maximum absolute atomic E-state index is 12.8. The number of rotatable bonds is 16. The maximum atomic E-state index is 12.8. The number of imidazole rings is 1. The summed E-state index contributed by atoms with van der Waals surface area (Å²) in [6, 6.07) is -5.96. The highest BCUT2D eigenvalue weighted by Crippen LogP contribution is 2.04. The minimum Gasteiger partial charge on any atom is -0.480 e. The Morgan fingerprint density at radius 3 is 1.86 bits per heavy atom. The third-order valence-corrected chi connectivity index (χ3v) is 4.70. The third-order valence-electron chi connectivity index (χ3n) is 4.70. The van der Waals surface area contributed by atoms with E-state index in [1.165, 1.54) is 12.5 Å². The number of aromatic nitrogens is 2. The van der Waals surface area contributed by atoms with Crippen LogP contribution in [-0.2, 0) is 40.0 Å². The van der Waals surface area contributed by atoms with Gasteiger partial charge in [0.05, 0.1) is 25.2 Å². The van der Waals surface area contributed by atoms with Crippen LogP contribution in [0.25, 0.3) is 0 Å². The van der Waals surface area contributed by atoms with E-state index in [0.717, 1.165) is 0 Å². The Bertz CT molecular complexity index is 982. The topological polar surface area (TPSA) is 309 Å². The highest BCUT2D eigenvalue weighted by Gasteiger charge is 2.31. The number of nitrogens with zero attached hydrogens (tertiary/aromatic N) is 1. The molecule has 0 aliphatic heterocycles. The van der Waals surface area contributed by atoms with Crippen LogP contribution < -0.4 is 38.9 Å². The molecule has 1 aromatic heterocycles. The lowest BCUT2D eigenvalue weighted by atomic mass is 10.1. The van der Waals surface area contributed by atoms with Gasteiger partial charge in [0, 0.05) is 24.7 Å². The lowest BCUT2D eigenvalue weighted by Gasteiger charge is -2.24. The second-order valence-electron chi connectivity index (χ2n) is 7.76. The van der Waals surface area contributed by atoms with Crippen LogP contribution in [0.15, 0.2) is 12.5 Å². The fraction of sp³-hybridized carbons (Fsp3) is 0.474. The molecule has 0 radical (unpaired) electrons. The molecule has 17 nitrogen and oxygen atoms in total. The lowest BCUT2D eigenvalue weighted by molar-refractivity contribution is -0.144. The maximum Gasteiger partial charge on any atom is 0.326 e. The number of carbonyl (C=O) groups excluding carboxylic acids is 6. The van der Waals surface area contributed by atoms with Crippen molar-refractivity contribution >= 4 is 41.4 Å². The molecule has 198 valence electrons. The number of H-pyrrole nitrogens is 1. The molecule has 36 heavy (non-hydrogen) atoms. The van der Waals surface area contributed by atoms with E-state index in [2.05, 4.69) is 20.6 Å². The number of nitrogens with two attached hydrogens (primary N) is 4. The van der Waals surface area contributed by atoms with Crippen molar-refractivity contribution in [3.63, 3.8) is 0 Å². The van der Waals surface area contributed by atoms with E-state index in [9.17, 15) is 38.7 Å². The Balaban J connectivity index is 2.99. The summed E-state index contributed by atoms with van der Waals surface area (Å²) in [6.45, 7) is 0. The van der Waals surface area contributed by atoms with Crippen molar-refractivity contribution in [1.82, 2.24) is 25.9 Å². The third kappa shape index (κ3) is 10.6. The second kappa shape index (κ2) is 14.0. The van der Waals surface area contributed by atoms with Crippen LogP contribution in [0.1, 0.15) is 31.4 Å². The fourth-order valence-corrected chi connectivity index (χ4v) is 2.92. The van der Waals surface area contributed by atoms with Crippen molar-refractivity contribution in [2.24, 2.45) is 22.9 Å². The summed E-state index contributed by atoms with van der Waals surface area (Å²) < 4.78 is 0. The van der Waals surface area contributed by atoms with Gasteiger partial charge >= 0.3 is 5.97 Å². The smallest absolute Gasteiger partial charge is 0.326 e. The molecule has 0 spiro atoms. The zero-order chi connectivity index (χ0) is 27.4. The average Bonchev–Trinajstić information content (AvgIpc) is 3.27. The van der Waals surface area contributed by atoms with Crippen molar-refractivity contribution in [2.45, 2.75) is 56.3 Å². The predicted molar refractivity (Wildman–Crippen MR) is 120 cm³/mol. The highest BCUT2D eigenvalue weighted by molar-refractivity contribution is 5.96. The predicted octanol–water partition coefficient (Wildman–Crippen LogP) is -5.17. The number of carbonyl (C=O) groups is 7. The fourth-order valence-electron chi connectivity index (χ4n) is 2.92. The molecule has 0 bridgehead atoms. The van der Waals surface area contributed by atoms with Gasteiger partial charge < -0.3 is 49.0 Å². The summed E-state index contributed by atoms with van der Waals surface area (Å²) in [5.41, 5.74) is 21.6. The van der Waals surface area contributed by atoms with Crippen molar-refractivity contribution in [3.8, 4) is 0 Å². The zero-order valence-corrected chi connectivity index (χ0v) is 19.1. The van der Waals surface area contributed by atoms with Crippen LogP contribution in [0.4, 0.5) is 0 Å². The lowest BCUT2D eigenvalue weighted by Crippen LogP contribution is -2.58. The molecule has 0 saturated heterocycles. The molecule has 1 aromatic rings. The van der Waals surface area contributed by atoms with Gasteiger partial charge in [0.25, 0.3) is 0 Å². The first kappa shape index (κ1) is 29.5. The van der Waals surface area contributed by atoms with Gasteiger partial charge in [-0.25, -0.2) is 9.78 Å². The van der Waals surface area contributed by atoms with E-state index < -0.39 is 84.8 Å². The van der Waals surface area contributed by atoms with Crippen LogP contribution in [-0.4, -0.2) is 80.7 Å². The normalized spacial score (nSPS) is 13.9. The molecule has 0 aromatic carbocycles.